The minimum absolute atomic E-state index is 0.111. The van der Waals surface area contributed by atoms with E-state index in [0.29, 0.717) is 29.7 Å². The number of aromatic nitrogens is 2. The summed E-state index contributed by atoms with van der Waals surface area (Å²) in [7, 11) is 0. The van der Waals surface area contributed by atoms with Crippen molar-refractivity contribution in [3.05, 3.63) is 54.5 Å². The van der Waals surface area contributed by atoms with E-state index in [1.54, 1.807) is 13.3 Å². The highest BCUT2D eigenvalue weighted by atomic mass is 16.6. The van der Waals surface area contributed by atoms with Crippen molar-refractivity contribution >= 4 is 28.8 Å². The summed E-state index contributed by atoms with van der Waals surface area (Å²) < 4.78 is 0. The van der Waals surface area contributed by atoms with Crippen molar-refractivity contribution in [1.82, 2.24) is 10.3 Å². The standard InChI is InChI=1S/C10H16N4O.C6H3N3O7.C2H6O/c11-9-8(12-6-13-9)10(15)14-7-4-2-1-3-5-7;10-6-4(8(13)14)1-3(7(11)12)2-5(6)9(15)16;1-2-3/h6-7H,1-5,11H2,(H,12,13)(H,14,15);1-2,10H;3H,2H2,1H3. The molecule has 0 atom stereocenters. The number of benzene rings is 1. The van der Waals surface area contributed by atoms with Gasteiger partial charge in [0.25, 0.3) is 28.8 Å². The predicted octanol–water partition coefficient (Wildman–Crippen LogP) is 0.957. The summed E-state index contributed by atoms with van der Waals surface area (Å²) in [6, 6.07) is 1.08. The molecule has 0 spiro atoms. The van der Waals surface area contributed by atoms with Crippen LogP contribution in [0.15, 0.2) is 18.5 Å². The first-order valence-corrected chi connectivity index (χ1v) is 10.1. The second kappa shape index (κ2) is 13.3. The number of aliphatic hydroxyl groups excluding tert-OH is 1. The molecule has 0 bridgehead atoms. The van der Waals surface area contributed by atoms with E-state index >= 15 is 0 Å². The molecule has 1 aromatic heterocycles. The summed E-state index contributed by atoms with van der Waals surface area (Å²) in [6.45, 7) is 1.93. The lowest BCUT2D eigenvalue weighted by atomic mass is 9.95. The van der Waals surface area contributed by atoms with E-state index in [4.69, 9.17) is 10.8 Å². The molecule has 1 aliphatic carbocycles. The third-order valence-corrected chi connectivity index (χ3v) is 4.52. The maximum atomic E-state index is 11.8. The van der Waals surface area contributed by atoms with Gasteiger partial charge >= 0.3 is 0 Å². The zero-order chi connectivity index (χ0) is 25.8. The second-order valence-corrected chi connectivity index (χ2v) is 6.93. The fraction of sp³-hybridized carbons (Fsp3) is 0.444. The summed E-state index contributed by atoms with van der Waals surface area (Å²) in [6.07, 6.45) is 7.41. The van der Waals surface area contributed by atoms with Crippen LogP contribution in [0, 0.1) is 30.3 Å². The number of nitro groups is 3. The molecular formula is C18H25N7O9. The molecule has 2 aromatic rings. The van der Waals surface area contributed by atoms with Crippen molar-refractivity contribution in [3.8, 4) is 5.75 Å². The van der Waals surface area contributed by atoms with Gasteiger partial charge < -0.3 is 21.3 Å². The van der Waals surface area contributed by atoms with Crippen LogP contribution in [0.2, 0.25) is 0 Å². The van der Waals surface area contributed by atoms with Gasteiger partial charge in [-0.2, -0.15) is 0 Å². The third kappa shape index (κ3) is 7.97. The molecule has 1 aliphatic rings. The Balaban J connectivity index is 0.000000305. The molecular weight excluding hydrogens is 458 g/mol. The molecule has 16 nitrogen and oxygen atoms in total. The molecule has 34 heavy (non-hydrogen) atoms. The first-order chi connectivity index (χ1) is 16.0. The number of non-ortho nitro benzene ring substituents is 1. The zero-order valence-corrected chi connectivity index (χ0v) is 18.2. The number of carbonyl (C=O) groups is 1. The van der Waals surface area contributed by atoms with Gasteiger partial charge in [-0.15, -0.1) is 0 Å². The van der Waals surface area contributed by atoms with E-state index in [2.05, 4.69) is 15.3 Å². The molecule has 0 radical (unpaired) electrons. The van der Waals surface area contributed by atoms with E-state index in [1.165, 1.54) is 19.3 Å². The van der Waals surface area contributed by atoms with Crippen molar-refractivity contribution in [2.45, 2.75) is 45.1 Å². The van der Waals surface area contributed by atoms with Crippen LogP contribution in [0.5, 0.6) is 5.75 Å². The van der Waals surface area contributed by atoms with Crippen LogP contribution in [-0.2, 0) is 0 Å². The highest BCUT2D eigenvalue weighted by molar-refractivity contribution is 5.95. The SMILES string of the molecule is CCO.Nc1[nH+]c[nH]c1C(=O)NC1CCCCC1.O=[N+]([O-])c1cc([N+](=O)[O-])c([O-])c([N+](=O)[O-])c1. The summed E-state index contributed by atoms with van der Waals surface area (Å²) in [5.41, 5.74) is 2.77. The van der Waals surface area contributed by atoms with Crippen LogP contribution >= 0.6 is 0 Å². The van der Waals surface area contributed by atoms with Crippen LogP contribution in [0.1, 0.15) is 49.5 Å². The fourth-order valence-electron chi connectivity index (χ4n) is 2.99. The molecule has 6 N–H and O–H groups in total. The first-order valence-electron chi connectivity index (χ1n) is 10.1. The number of hydrogen-bond acceptors (Lipinski definition) is 10. The Bertz CT molecular complexity index is 984. The first kappa shape index (κ1) is 27.7. The lowest BCUT2D eigenvalue weighted by Gasteiger charge is -2.21. The summed E-state index contributed by atoms with van der Waals surface area (Å²) in [5.74, 6) is -1.18. The van der Waals surface area contributed by atoms with Crippen molar-refractivity contribution in [2.24, 2.45) is 0 Å². The number of carbonyl (C=O) groups excluding carboxylic acids is 1. The highest BCUT2D eigenvalue weighted by Crippen LogP contribution is 2.36. The Hall–Kier alpha value is -4.34. The Kier molecular flexibility index (Phi) is 10.8. The molecule has 3 rings (SSSR count). The minimum Gasteiger partial charge on any atom is -0.863 e. The fourth-order valence-corrected chi connectivity index (χ4v) is 2.99. The van der Waals surface area contributed by atoms with E-state index in [1.807, 2.05) is 0 Å². The van der Waals surface area contributed by atoms with Gasteiger partial charge in [-0.05, 0) is 19.8 Å². The zero-order valence-electron chi connectivity index (χ0n) is 18.2. The number of nitrogens with two attached hydrogens (primary N) is 1. The Labute approximate surface area is 192 Å². The van der Waals surface area contributed by atoms with Crippen molar-refractivity contribution in [2.75, 3.05) is 12.3 Å². The molecule has 1 fully saturated rings. The van der Waals surface area contributed by atoms with Gasteiger partial charge in [0.05, 0.1) is 32.7 Å². The number of imidazole rings is 1. The largest absolute Gasteiger partial charge is 0.863 e. The monoisotopic (exact) mass is 483 g/mol. The molecule has 186 valence electrons. The number of hydrogen-bond donors (Lipinski definition) is 4. The quantitative estimate of drug-likeness (QED) is 0.345. The molecule has 16 heteroatoms. The molecule has 0 saturated heterocycles. The van der Waals surface area contributed by atoms with Crippen LogP contribution in [0.4, 0.5) is 22.9 Å². The number of aliphatic hydroxyl groups is 1. The summed E-state index contributed by atoms with van der Waals surface area (Å²) in [5, 5.41) is 52.7. The van der Waals surface area contributed by atoms with E-state index < -0.39 is 37.6 Å². The number of aromatic amines is 2. The van der Waals surface area contributed by atoms with Crippen molar-refractivity contribution in [1.29, 1.82) is 0 Å². The maximum Gasteiger partial charge on any atom is 0.290 e. The number of nitrogen functional groups attached to an aromatic ring is 1. The van der Waals surface area contributed by atoms with E-state index in [9.17, 15) is 40.2 Å². The van der Waals surface area contributed by atoms with E-state index in [0.717, 1.165) is 12.8 Å². The Morgan fingerprint density at radius 1 is 1.12 bits per heavy atom. The summed E-state index contributed by atoms with van der Waals surface area (Å²) in [4.78, 5) is 44.8. The maximum absolute atomic E-state index is 11.8. The number of anilines is 1. The number of H-pyrrole nitrogens is 2. The highest BCUT2D eigenvalue weighted by Gasteiger charge is 2.24. The molecule has 0 unspecified atom stereocenters. The summed E-state index contributed by atoms with van der Waals surface area (Å²) >= 11 is 0. The lowest BCUT2D eigenvalue weighted by Crippen LogP contribution is -2.36. The average molecular weight is 483 g/mol. The lowest BCUT2D eigenvalue weighted by molar-refractivity contribution is -0.420. The average Bonchev–Trinajstić information content (AvgIpc) is 3.21. The van der Waals surface area contributed by atoms with Gasteiger partial charge in [0.2, 0.25) is 5.69 Å². The van der Waals surface area contributed by atoms with Crippen LogP contribution in [0.3, 0.4) is 0 Å². The predicted molar refractivity (Wildman–Crippen MR) is 115 cm³/mol. The smallest absolute Gasteiger partial charge is 0.290 e. The van der Waals surface area contributed by atoms with Gasteiger partial charge in [-0.1, -0.05) is 19.3 Å². The molecule has 1 aromatic carbocycles. The second-order valence-electron chi connectivity index (χ2n) is 6.93. The Morgan fingerprint density at radius 3 is 2.00 bits per heavy atom. The minimum atomic E-state index is -1.46. The number of nitrogens with zero attached hydrogens (tertiary/aromatic N) is 3. The molecule has 1 heterocycles. The van der Waals surface area contributed by atoms with Gasteiger partial charge in [0, 0.05) is 12.6 Å². The van der Waals surface area contributed by atoms with Crippen molar-refractivity contribution < 1.29 is 34.8 Å². The Morgan fingerprint density at radius 2 is 1.62 bits per heavy atom. The van der Waals surface area contributed by atoms with Gasteiger partial charge in [-0.3, -0.25) is 45.1 Å². The van der Waals surface area contributed by atoms with Gasteiger partial charge in [-0.25, -0.2) is 0 Å². The number of amides is 1. The van der Waals surface area contributed by atoms with Gasteiger partial charge in [0.15, 0.2) is 6.33 Å². The third-order valence-electron chi connectivity index (χ3n) is 4.52. The number of rotatable bonds is 5. The van der Waals surface area contributed by atoms with Crippen LogP contribution in [-0.4, -0.2) is 43.4 Å². The van der Waals surface area contributed by atoms with Crippen molar-refractivity contribution in [3.63, 3.8) is 0 Å². The van der Waals surface area contributed by atoms with Crippen LogP contribution < -0.4 is 21.1 Å². The molecule has 1 amide bonds. The molecule has 0 aliphatic heterocycles. The number of nitrogens with one attached hydrogen (secondary N) is 3. The topological polar surface area (TPSA) is 258 Å². The van der Waals surface area contributed by atoms with Crippen LogP contribution in [0.25, 0.3) is 0 Å². The van der Waals surface area contributed by atoms with Gasteiger partial charge in [0.1, 0.15) is 0 Å². The molecule has 1 saturated carbocycles. The number of nitro benzene ring substituents is 3. The van der Waals surface area contributed by atoms with E-state index in [-0.39, 0.29) is 12.5 Å². The normalized spacial score (nSPS) is 12.9.